The summed E-state index contributed by atoms with van der Waals surface area (Å²) < 4.78 is 16.1. The number of ketones is 1. The van der Waals surface area contributed by atoms with Crippen molar-refractivity contribution in [3.63, 3.8) is 0 Å². The van der Waals surface area contributed by atoms with Gasteiger partial charge in [-0.15, -0.1) is 0 Å². The van der Waals surface area contributed by atoms with Gasteiger partial charge in [-0.2, -0.15) is 0 Å². The zero-order valence-electron chi connectivity index (χ0n) is 16.2. The number of aryl methyl sites for hydroxylation is 1. The quantitative estimate of drug-likeness (QED) is 0.775. The zero-order valence-corrected chi connectivity index (χ0v) is 17.0. The molecule has 0 aromatic heterocycles. The summed E-state index contributed by atoms with van der Waals surface area (Å²) in [5, 5.41) is 3.09. The summed E-state index contributed by atoms with van der Waals surface area (Å²) in [6.07, 6.45) is 0.463. The van der Waals surface area contributed by atoms with Crippen LogP contribution < -0.4 is 19.5 Å². The Labute approximate surface area is 168 Å². The van der Waals surface area contributed by atoms with Gasteiger partial charge in [0, 0.05) is 18.6 Å². The summed E-state index contributed by atoms with van der Waals surface area (Å²) in [6, 6.07) is 6.79. The van der Waals surface area contributed by atoms with E-state index in [9.17, 15) is 9.59 Å². The third-order valence-electron chi connectivity index (χ3n) is 4.80. The average Bonchev–Trinajstić information content (AvgIpc) is 2.97. The molecule has 7 heteroatoms. The molecule has 1 N–H and O–H groups in total. The second-order valence-electron chi connectivity index (χ2n) is 6.72. The van der Waals surface area contributed by atoms with E-state index in [1.807, 2.05) is 19.9 Å². The molecule has 0 saturated heterocycles. The van der Waals surface area contributed by atoms with E-state index in [1.165, 1.54) is 14.2 Å². The fourth-order valence-corrected chi connectivity index (χ4v) is 3.75. The van der Waals surface area contributed by atoms with Gasteiger partial charge in [-0.25, -0.2) is 0 Å². The minimum absolute atomic E-state index is 0.0470. The van der Waals surface area contributed by atoms with Gasteiger partial charge >= 0.3 is 0 Å². The van der Waals surface area contributed by atoms with Gasteiger partial charge in [-0.3, -0.25) is 9.59 Å². The molecule has 1 atom stereocenters. The van der Waals surface area contributed by atoms with Crippen molar-refractivity contribution in [3.8, 4) is 17.2 Å². The minimum atomic E-state index is -0.393. The molecule has 148 valence electrons. The van der Waals surface area contributed by atoms with Gasteiger partial charge in [0.1, 0.15) is 17.2 Å². The summed E-state index contributed by atoms with van der Waals surface area (Å²) in [6.45, 7) is 3.75. The van der Waals surface area contributed by atoms with Gasteiger partial charge in [-0.05, 0) is 30.0 Å². The molecule has 1 amide bonds. The lowest BCUT2D eigenvalue weighted by atomic mass is 9.97. The molecular formula is C21H22ClNO5. The summed E-state index contributed by atoms with van der Waals surface area (Å²) in [5.74, 6) is 1.06. The second kappa shape index (κ2) is 8.10. The van der Waals surface area contributed by atoms with E-state index in [0.717, 1.165) is 11.1 Å². The molecule has 0 saturated carbocycles. The van der Waals surface area contributed by atoms with Gasteiger partial charge < -0.3 is 19.5 Å². The molecule has 0 bridgehead atoms. The van der Waals surface area contributed by atoms with Crippen LogP contribution in [0.1, 0.15) is 40.7 Å². The lowest BCUT2D eigenvalue weighted by Crippen LogP contribution is -2.21. The zero-order chi connectivity index (χ0) is 20.4. The fourth-order valence-electron chi connectivity index (χ4n) is 3.52. The summed E-state index contributed by atoms with van der Waals surface area (Å²) in [5.41, 5.74) is 3.07. The van der Waals surface area contributed by atoms with Crippen LogP contribution in [-0.4, -0.2) is 32.5 Å². The number of ether oxygens (including phenoxy) is 3. The standard InChI is InChI=1S/C21H22ClNO5/c1-11-5-6-16(21-15(24)7-12(2)20(11)21)28-10-19(25)23-14-9-17(26-3)13(22)8-18(14)27-4/h5-6,8-9,12H,7,10H2,1-4H3,(H,23,25). The Bertz CT molecular complexity index is 941. The predicted molar refractivity (Wildman–Crippen MR) is 107 cm³/mol. The monoisotopic (exact) mass is 403 g/mol. The van der Waals surface area contributed by atoms with E-state index >= 15 is 0 Å². The highest BCUT2D eigenvalue weighted by Gasteiger charge is 2.31. The first kappa shape index (κ1) is 20.0. The van der Waals surface area contributed by atoms with Crippen LogP contribution in [0, 0.1) is 6.92 Å². The maximum absolute atomic E-state index is 12.4. The number of amides is 1. The van der Waals surface area contributed by atoms with Crippen molar-refractivity contribution in [2.24, 2.45) is 0 Å². The van der Waals surface area contributed by atoms with Crippen LogP contribution in [0.2, 0.25) is 5.02 Å². The van der Waals surface area contributed by atoms with Crippen LogP contribution >= 0.6 is 11.6 Å². The molecule has 0 fully saturated rings. The Hall–Kier alpha value is -2.73. The van der Waals surface area contributed by atoms with Crippen LogP contribution in [0.25, 0.3) is 0 Å². The number of carbonyl (C=O) groups excluding carboxylic acids is 2. The number of carbonyl (C=O) groups is 2. The number of methoxy groups -OCH3 is 2. The van der Waals surface area contributed by atoms with E-state index in [4.69, 9.17) is 25.8 Å². The second-order valence-corrected chi connectivity index (χ2v) is 7.13. The maximum atomic E-state index is 12.4. The number of nitrogens with one attached hydrogen (secondary N) is 1. The number of hydrogen-bond acceptors (Lipinski definition) is 5. The largest absolute Gasteiger partial charge is 0.495 e. The topological polar surface area (TPSA) is 73.9 Å². The van der Waals surface area contributed by atoms with E-state index in [-0.39, 0.29) is 18.3 Å². The van der Waals surface area contributed by atoms with E-state index < -0.39 is 5.91 Å². The molecule has 0 heterocycles. The first-order valence-electron chi connectivity index (χ1n) is 8.86. The maximum Gasteiger partial charge on any atom is 0.262 e. The highest BCUT2D eigenvalue weighted by molar-refractivity contribution is 6.32. The molecule has 0 radical (unpaired) electrons. The molecule has 1 unspecified atom stereocenters. The molecular weight excluding hydrogens is 382 g/mol. The van der Waals surface area contributed by atoms with Crippen LogP contribution in [-0.2, 0) is 4.79 Å². The van der Waals surface area contributed by atoms with Gasteiger partial charge in [-0.1, -0.05) is 24.6 Å². The molecule has 6 nitrogen and oxygen atoms in total. The van der Waals surface area contributed by atoms with Crippen molar-refractivity contribution in [1.82, 2.24) is 0 Å². The molecule has 2 aromatic carbocycles. The van der Waals surface area contributed by atoms with Gasteiger partial charge in [0.25, 0.3) is 5.91 Å². The molecule has 2 aromatic rings. The van der Waals surface area contributed by atoms with Crippen molar-refractivity contribution in [2.75, 3.05) is 26.1 Å². The first-order valence-corrected chi connectivity index (χ1v) is 9.24. The van der Waals surface area contributed by atoms with Crippen LogP contribution in [0.4, 0.5) is 5.69 Å². The van der Waals surface area contributed by atoms with Crippen molar-refractivity contribution < 1.29 is 23.8 Å². The Balaban J connectivity index is 1.75. The van der Waals surface area contributed by atoms with Gasteiger partial charge in [0.2, 0.25) is 0 Å². The van der Waals surface area contributed by atoms with Crippen molar-refractivity contribution in [1.29, 1.82) is 0 Å². The molecule has 28 heavy (non-hydrogen) atoms. The number of halogens is 1. The first-order chi connectivity index (χ1) is 13.3. The number of hydrogen-bond donors (Lipinski definition) is 1. The number of fused-ring (bicyclic) bond motifs is 1. The summed E-state index contributed by atoms with van der Waals surface area (Å²) in [7, 11) is 2.96. The Kier molecular flexibility index (Phi) is 5.79. The average molecular weight is 404 g/mol. The Morgan fingerprint density at radius 1 is 1.18 bits per heavy atom. The number of rotatable bonds is 6. The third kappa shape index (κ3) is 3.78. The van der Waals surface area contributed by atoms with Crippen molar-refractivity contribution in [2.45, 2.75) is 26.2 Å². The van der Waals surface area contributed by atoms with Gasteiger partial charge in [0.05, 0.1) is 30.5 Å². The molecule has 0 aliphatic heterocycles. The van der Waals surface area contributed by atoms with Crippen molar-refractivity contribution >= 4 is 29.0 Å². The highest BCUT2D eigenvalue weighted by atomic mass is 35.5. The van der Waals surface area contributed by atoms with Crippen LogP contribution in [0.15, 0.2) is 24.3 Å². The molecule has 1 aliphatic rings. The van der Waals surface area contributed by atoms with E-state index in [2.05, 4.69) is 5.32 Å². The van der Waals surface area contributed by atoms with Crippen LogP contribution in [0.5, 0.6) is 17.2 Å². The van der Waals surface area contributed by atoms with E-state index in [0.29, 0.717) is 39.9 Å². The summed E-state index contributed by atoms with van der Waals surface area (Å²) in [4.78, 5) is 24.7. The SMILES string of the molecule is COc1cc(NC(=O)COc2ccc(C)c3c2C(=O)CC3C)c(OC)cc1Cl. The smallest absolute Gasteiger partial charge is 0.262 e. The lowest BCUT2D eigenvalue weighted by Gasteiger charge is -2.15. The molecule has 1 aliphatic carbocycles. The normalized spacial score (nSPS) is 15.2. The molecule has 3 rings (SSSR count). The van der Waals surface area contributed by atoms with Crippen molar-refractivity contribution in [3.05, 3.63) is 46.0 Å². The Morgan fingerprint density at radius 2 is 1.89 bits per heavy atom. The lowest BCUT2D eigenvalue weighted by molar-refractivity contribution is -0.118. The fraction of sp³-hybridized carbons (Fsp3) is 0.333. The number of anilines is 1. The molecule has 0 spiro atoms. The van der Waals surface area contributed by atoms with Gasteiger partial charge in [0.15, 0.2) is 12.4 Å². The van der Waals surface area contributed by atoms with E-state index in [1.54, 1.807) is 18.2 Å². The predicted octanol–water partition coefficient (Wildman–Crippen LogP) is 4.37. The Morgan fingerprint density at radius 3 is 2.57 bits per heavy atom. The highest BCUT2D eigenvalue weighted by Crippen LogP contribution is 2.40. The third-order valence-corrected chi connectivity index (χ3v) is 5.09. The van der Waals surface area contributed by atoms with Crippen LogP contribution in [0.3, 0.4) is 0 Å². The number of Topliss-reactive ketones (excluding diaryl/α,β-unsaturated/α-hetero) is 1. The minimum Gasteiger partial charge on any atom is -0.495 e. The summed E-state index contributed by atoms with van der Waals surface area (Å²) >= 11 is 6.08. The number of benzene rings is 2.